The van der Waals surface area contributed by atoms with E-state index in [0.29, 0.717) is 43.1 Å². The van der Waals surface area contributed by atoms with E-state index in [1.54, 1.807) is 25.3 Å². The molecule has 3 rings (SSSR count). The zero-order chi connectivity index (χ0) is 19.1. The molecule has 0 atom stereocenters. The topological polar surface area (TPSA) is 97.5 Å². The number of carbonyl (C=O) groups excluding carboxylic acids is 1. The number of amides is 1. The van der Waals surface area contributed by atoms with Crippen LogP contribution in [-0.2, 0) is 17.8 Å². The van der Waals surface area contributed by atoms with Gasteiger partial charge in [-0.15, -0.1) is 0 Å². The summed E-state index contributed by atoms with van der Waals surface area (Å²) in [6, 6.07) is 14.3. The maximum Gasteiger partial charge on any atom is 0.226 e. The lowest BCUT2D eigenvalue weighted by Gasteiger charge is -2.06. The Hall–Kier alpha value is -3.35. The van der Waals surface area contributed by atoms with Crippen molar-refractivity contribution in [3.63, 3.8) is 0 Å². The van der Waals surface area contributed by atoms with Gasteiger partial charge in [-0.25, -0.2) is 0 Å². The fourth-order valence-corrected chi connectivity index (χ4v) is 2.56. The molecule has 0 saturated heterocycles. The number of carbonyl (C=O) groups is 1. The number of aromatic nitrogens is 2. The summed E-state index contributed by atoms with van der Waals surface area (Å²) < 4.78 is 10.4. The second-order valence-electron chi connectivity index (χ2n) is 6.00. The second-order valence-corrected chi connectivity index (χ2v) is 6.00. The van der Waals surface area contributed by atoms with Crippen molar-refractivity contribution in [2.45, 2.75) is 25.8 Å². The molecule has 0 fully saturated rings. The minimum absolute atomic E-state index is 0.0897. The van der Waals surface area contributed by atoms with Crippen LogP contribution >= 0.6 is 0 Å². The van der Waals surface area contributed by atoms with Crippen LogP contribution in [0.4, 0.5) is 0 Å². The fraction of sp³-hybridized carbons (Fsp3) is 0.250. The summed E-state index contributed by atoms with van der Waals surface area (Å²) in [6.45, 7) is 0.299. The predicted molar refractivity (Wildman–Crippen MR) is 99.2 cm³/mol. The largest absolute Gasteiger partial charge is 0.508 e. The Balaban J connectivity index is 1.44. The van der Waals surface area contributed by atoms with Crippen LogP contribution in [0.3, 0.4) is 0 Å². The molecule has 0 aliphatic heterocycles. The number of ether oxygens (including phenoxy) is 1. The molecule has 0 spiro atoms. The molecule has 0 saturated carbocycles. The molecule has 7 heteroatoms. The van der Waals surface area contributed by atoms with Crippen molar-refractivity contribution in [3.05, 3.63) is 60.0 Å². The molecule has 0 bridgehead atoms. The van der Waals surface area contributed by atoms with Gasteiger partial charge in [0.05, 0.1) is 7.11 Å². The van der Waals surface area contributed by atoms with Crippen LogP contribution in [0.25, 0.3) is 11.4 Å². The van der Waals surface area contributed by atoms with Gasteiger partial charge in [0.25, 0.3) is 0 Å². The lowest BCUT2D eigenvalue weighted by molar-refractivity contribution is -0.121. The van der Waals surface area contributed by atoms with Crippen molar-refractivity contribution >= 4 is 5.91 Å². The number of nitrogens with one attached hydrogen (secondary N) is 1. The van der Waals surface area contributed by atoms with Gasteiger partial charge in [-0.1, -0.05) is 23.4 Å². The lowest BCUT2D eigenvalue weighted by atomic mass is 10.2. The SMILES string of the molecule is COc1ccc(-c2noc(CCCC(=O)NCc3ccccc3O)n2)cc1. The van der Waals surface area contributed by atoms with Gasteiger partial charge in [0, 0.05) is 30.5 Å². The predicted octanol–water partition coefficient (Wildman–Crippen LogP) is 3.09. The van der Waals surface area contributed by atoms with Crippen LogP contribution in [0.1, 0.15) is 24.3 Å². The summed E-state index contributed by atoms with van der Waals surface area (Å²) in [5, 5.41) is 16.4. The Labute approximate surface area is 157 Å². The molecule has 2 N–H and O–H groups in total. The highest BCUT2D eigenvalue weighted by Crippen LogP contribution is 2.20. The molecule has 0 aliphatic carbocycles. The maximum atomic E-state index is 11.9. The number of phenolic OH excluding ortho intramolecular Hbond substituents is 1. The van der Waals surface area contributed by atoms with Gasteiger partial charge in [-0.05, 0) is 36.8 Å². The number of aromatic hydroxyl groups is 1. The van der Waals surface area contributed by atoms with Gasteiger partial charge in [-0.3, -0.25) is 4.79 Å². The van der Waals surface area contributed by atoms with Crippen molar-refractivity contribution in [2.24, 2.45) is 0 Å². The summed E-state index contributed by atoms with van der Waals surface area (Å²) in [7, 11) is 1.61. The van der Waals surface area contributed by atoms with Gasteiger partial charge in [0.1, 0.15) is 11.5 Å². The molecular weight excluding hydrogens is 346 g/mol. The first-order chi connectivity index (χ1) is 13.2. The van der Waals surface area contributed by atoms with Gasteiger partial charge < -0.3 is 19.7 Å². The molecule has 140 valence electrons. The van der Waals surface area contributed by atoms with Crippen LogP contribution < -0.4 is 10.1 Å². The molecular formula is C20H21N3O4. The number of nitrogens with zero attached hydrogens (tertiary/aromatic N) is 2. The van der Waals surface area contributed by atoms with Crippen LogP contribution in [0.5, 0.6) is 11.5 Å². The summed E-state index contributed by atoms with van der Waals surface area (Å²) in [5.41, 5.74) is 1.53. The van der Waals surface area contributed by atoms with E-state index >= 15 is 0 Å². The van der Waals surface area contributed by atoms with Crippen LogP contribution in [0.15, 0.2) is 53.1 Å². The molecule has 7 nitrogen and oxygen atoms in total. The van der Waals surface area contributed by atoms with Crippen LogP contribution in [0.2, 0.25) is 0 Å². The van der Waals surface area contributed by atoms with E-state index < -0.39 is 0 Å². The van der Waals surface area contributed by atoms with E-state index in [4.69, 9.17) is 9.26 Å². The lowest BCUT2D eigenvalue weighted by Crippen LogP contribution is -2.22. The number of phenols is 1. The normalized spacial score (nSPS) is 10.6. The summed E-state index contributed by atoms with van der Waals surface area (Å²) in [4.78, 5) is 16.3. The van der Waals surface area contributed by atoms with Crippen LogP contribution in [0, 0.1) is 0 Å². The average Bonchev–Trinajstić information content (AvgIpc) is 3.16. The second kappa shape index (κ2) is 8.84. The molecule has 27 heavy (non-hydrogen) atoms. The number of benzene rings is 2. The average molecular weight is 367 g/mol. The maximum absolute atomic E-state index is 11.9. The highest BCUT2D eigenvalue weighted by molar-refractivity contribution is 5.75. The van der Waals surface area contributed by atoms with Crippen molar-refractivity contribution in [3.8, 4) is 22.9 Å². The van der Waals surface area contributed by atoms with Gasteiger partial charge >= 0.3 is 0 Å². The standard InChI is InChI=1S/C20H21N3O4/c1-26-16-11-9-14(10-12-16)20-22-19(27-23-20)8-4-7-18(25)21-13-15-5-2-3-6-17(15)24/h2-3,5-6,9-12,24H,4,7-8,13H2,1H3,(H,21,25). The van der Waals surface area contributed by atoms with Crippen molar-refractivity contribution in [1.82, 2.24) is 15.5 Å². The first kappa shape index (κ1) is 18.4. The van der Waals surface area contributed by atoms with Crippen LogP contribution in [-0.4, -0.2) is 28.3 Å². The third kappa shape index (κ3) is 5.07. The Kier molecular flexibility index (Phi) is 6.04. The first-order valence-electron chi connectivity index (χ1n) is 8.66. The summed E-state index contributed by atoms with van der Waals surface area (Å²) in [6.07, 6.45) is 1.46. The number of rotatable bonds is 8. The third-order valence-corrected chi connectivity index (χ3v) is 4.08. The van der Waals surface area contributed by atoms with E-state index in [1.165, 1.54) is 0 Å². The van der Waals surface area contributed by atoms with Gasteiger partial charge in [-0.2, -0.15) is 4.98 Å². The summed E-state index contributed by atoms with van der Waals surface area (Å²) in [5.74, 6) is 1.85. The molecule has 2 aromatic carbocycles. The smallest absolute Gasteiger partial charge is 0.226 e. The number of methoxy groups -OCH3 is 1. The third-order valence-electron chi connectivity index (χ3n) is 4.08. The molecule has 1 aromatic heterocycles. The fourth-order valence-electron chi connectivity index (χ4n) is 2.56. The van der Waals surface area contributed by atoms with E-state index in [2.05, 4.69) is 15.5 Å². The summed E-state index contributed by atoms with van der Waals surface area (Å²) >= 11 is 0. The number of hydrogen-bond donors (Lipinski definition) is 2. The molecule has 1 heterocycles. The van der Waals surface area contributed by atoms with E-state index in [0.717, 1.165) is 11.3 Å². The Morgan fingerprint density at radius 3 is 2.70 bits per heavy atom. The minimum atomic E-state index is -0.0897. The number of para-hydroxylation sites is 1. The Morgan fingerprint density at radius 2 is 1.96 bits per heavy atom. The van der Waals surface area contributed by atoms with E-state index in [1.807, 2.05) is 30.3 Å². The highest BCUT2D eigenvalue weighted by atomic mass is 16.5. The number of hydrogen-bond acceptors (Lipinski definition) is 6. The number of aryl methyl sites for hydroxylation is 1. The zero-order valence-electron chi connectivity index (χ0n) is 15.0. The van der Waals surface area contributed by atoms with Crippen molar-refractivity contribution in [1.29, 1.82) is 0 Å². The Morgan fingerprint density at radius 1 is 1.19 bits per heavy atom. The van der Waals surface area contributed by atoms with E-state index in [-0.39, 0.29) is 11.7 Å². The van der Waals surface area contributed by atoms with Gasteiger partial charge in [0.2, 0.25) is 17.6 Å². The van der Waals surface area contributed by atoms with Crippen molar-refractivity contribution < 1.29 is 19.2 Å². The monoisotopic (exact) mass is 367 g/mol. The Bertz CT molecular complexity index is 890. The van der Waals surface area contributed by atoms with Gasteiger partial charge in [0.15, 0.2) is 0 Å². The molecule has 0 unspecified atom stereocenters. The molecule has 0 radical (unpaired) electrons. The molecule has 1 amide bonds. The molecule has 0 aliphatic rings. The first-order valence-corrected chi connectivity index (χ1v) is 8.66. The minimum Gasteiger partial charge on any atom is -0.508 e. The quantitative estimate of drug-likeness (QED) is 0.635. The van der Waals surface area contributed by atoms with Crippen molar-refractivity contribution in [2.75, 3.05) is 7.11 Å². The van der Waals surface area contributed by atoms with E-state index in [9.17, 15) is 9.90 Å². The zero-order valence-corrected chi connectivity index (χ0v) is 15.0. The highest BCUT2D eigenvalue weighted by Gasteiger charge is 2.10. The molecule has 3 aromatic rings.